The molecule has 2 aromatic carbocycles. The molecule has 1 heterocycles. The number of benzene rings is 2. The van der Waals surface area contributed by atoms with Crippen molar-refractivity contribution >= 4 is 11.6 Å². The number of hydrogen-bond donors (Lipinski definition) is 0. The van der Waals surface area contributed by atoms with E-state index in [0.29, 0.717) is 0 Å². The van der Waals surface area contributed by atoms with Gasteiger partial charge in [-0.3, -0.25) is 4.98 Å². The van der Waals surface area contributed by atoms with Gasteiger partial charge >= 0.3 is 0 Å². The van der Waals surface area contributed by atoms with E-state index in [-0.39, 0.29) is 5.41 Å². The van der Waals surface area contributed by atoms with Crippen LogP contribution in [-0.2, 0) is 11.8 Å². The van der Waals surface area contributed by atoms with Crippen LogP contribution in [0.2, 0.25) is 5.02 Å². The van der Waals surface area contributed by atoms with Crippen LogP contribution in [0.3, 0.4) is 0 Å². The van der Waals surface area contributed by atoms with Crippen molar-refractivity contribution in [3.05, 3.63) is 77.1 Å². The molecule has 3 rings (SSSR count). The third-order valence-electron chi connectivity index (χ3n) is 4.48. The van der Waals surface area contributed by atoms with E-state index in [1.165, 1.54) is 16.7 Å². The van der Waals surface area contributed by atoms with Crippen LogP contribution in [0.25, 0.3) is 22.3 Å². The van der Waals surface area contributed by atoms with E-state index in [0.717, 1.165) is 28.3 Å². The van der Waals surface area contributed by atoms with E-state index in [1.807, 2.05) is 6.20 Å². The SMILES string of the molecule is CCc1ccc(-c2cccc(-c3ccnc(C(C)(C)C)c3)c2)c(Cl)c1. The van der Waals surface area contributed by atoms with Gasteiger partial charge in [0.2, 0.25) is 0 Å². The van der Waals surface area contributed by atoms with Gasteiger partial charge in [-0.25, -0.2) is 0 Å². The standard InChI is InChI=1S/C23H24ClN/c1-5-16-9-10-20(21(24)13-16)19-8-6-7-17(14-19)18-11-12-25-22(15-18)23(2,3)4/h6-15H,5H2,1-4H3. The fourth-order valence-corrected chi connectivity index (χ4v) is 3.21. The predicted octanol–water partition coefficient (Wildman–Crippen LogP) is 6.93. The fourth-order valence-electron chi connectivity index (χ4n) is 2.90. The highest BCUT2D eigenvalue weighted by atomic mass is 35.5. The van der Waals surface area contributed by atoms with Crippen molar-refractivity contribution in [2.75, 3.05) is 0 Å². The molecule has 25 heavy (non-hydrogen) atoms. The molecule has 0 aliphatic heterocycles. The van der Waals surface area contributed by atoms with Crippen molar-refractivity contribution in [2.24, 2.45) is 0 Å². The Hall–Kier alpha value is -2.12. The lowest BCUT2D eigenvalue weighted by Gasteiger charge is -2.18. The van der Waals surface area contributed by atoms with Crippen molar-refractivity contribution in [1.82, 2.24) is 4.98 Å². The Morgan fingerprint density at radius 3 is 2.28 bits per heavy atom. The summed E-state index contributed by atoms with van der Waals surface area (Å²) in [4.78, 5) is 4.53. The second-order valence-corrected chi connectivity index (χ2v) is 7.84. The first-order valence-electron chi connectivity index (χ1n) is 8.74. The van der Waals surface area contributed by atoms with Crippen LogP contribution in [-0.4, -0.2) is 4.98 Å². The molecule has 1 aromatic heterocycles. The van der Waals surface area contributed by atoms with Gasteiger partial charge in [0.25, 0.3) is 0 Å². The van der Waals surface area contributed by atoms with E-state index in [9.17, 15) is 0 Å². The molecule has 128 valence electrons. The molecule has 0 aliphatic rings. The van der Waals surface area contributed by atoms with Gasteiger partial charge in [0.15, 0.2) is 0 Å². The summed E-state index contributed by atoms with van der Waals surface area (Å²) in [5, 5.41) is 0.807. The summed E-state index contributed by atoms with van der Waals surface area (Å²) in [6.07, 6.45) is 2.89. The van der Waals surface area contributed by atoms with E-state index in [4.69, 9.17) is 11.6 Å². The van der Waals surface area contributed by atoms with E-state index in [2.05, 4.69) is 87.3 Å². The molecule has 0 fully saturated rings. The van der Waals surface area contributed by atoms with Crippen LogP contribution in [0.5, 0.6) is 0 Å². The minimum atomic E-state index is 0.0346. The second-order valence-electron chi connectivity index (χ2n) is 7.43. The van der Waals surface area contributed by atoms with E-state index in [1.54, 1.807) is 0 Å². The molecule has 1 nitrogen and oxygen atoms in total. The number of rotatable bonds is 3. The maximum atomic E-state index is 6.52. The molecule has 0 saturated heterocycles. The average molecular weight is 350 g/mol. The summed E-state index contributed by atoms with van der Waals surface area (Å²) < 4.78 is 0. The number of aromatic nitrogens is 1. The smallest absolute Gasteiger partial charge is 0.0487 e. The number of halogens is 1. The lowest BCUT2D eigenvalue weighted by atomic mass is 9.89. The molecule has 0 amide bonds. The van der Waals surface area contributed by atoms with Gasteiger partial charge in [-0.15, -0.1) is 0 Å². The van der Waals surface area contributed by atoms with Gasteiger partial charge in [0.1, 0.15) is 0 Å². The van der Waals surface area contributed by atoms with Crippen LogP contribution < -0.4 is 0 Å². The normalized spacial score (nSPS) is 11.6. The number of hydrogen-bond acceptors (Lipinski definition) is 1. The molecular formula is C23H24ClN. The molecule has 0 N–H and O–H groups in total. The van der Waals surface area contributed by atoms with Crippen LogP contribution in [0.15, 0.2) is 60.8 Å². The summed E-state index contributed by atoms with van der Waals surface area (Å²) in [5.41, 5.74) is 6.97. The Labute approximate surface area is 155 Å². The third kappa shape index (κ3) is 3.93. The summed E-state index contributed by atoms with van der Waals surface area (Å²) in [7, 11) is 0. The predicted molar refractivity (Wildman–Crippen MR) is 108 cm³/mol. The van der Waals surface area contributed by atoms with Gasteiger partial charge in [0.05, 0.1) is 0 Å². The summed E-state index contributed by atoms with van der Waals surface area (Å²) >= 11 is 6.52. The maximum absolute atomic E-state index is 6.52. The highest BCUT2D eigenvalue weighted by Gasteiger charge is 2.16. The summed E-state index contributed by atoms with van der Waals surface area (Å²) in [6, 6.07) is 19.1. The van der Waals surface area contributed by atoms with Crippen LogP contribution in [0, 0.1) is 0 Å². The molecule has 0 radical (unpaired) electrons. The molecule has 2 heteroatoms. The van der Waals surface area contributed by atoms with Crippen LogP contribution in [0.1, 0.15) is 39.0 Å². The first-order valence-corrected chi connectivity index (χ1v) is 9.12. The lowest BCUT2D eigenvalue weighted by molar-refractivity contribution is 0.569. The molecule has 0 spiro atoms. The molecule has 0 bridgehead atoms. The minimum Gasteiger partial charge on any atom is -0.261 e. The zero-order valence-electron chi connectivity index (χ0n) is 15.3. The van der Waals surface area contributed by atoms with Crippen molar-refractivity contribution < 1.29 is 0 Å². The van der Waals surface area contributed by atoms with Gasteiger partial charge in [-0.1, -0.05) is 69.6 Å². The van der Waals surface area contributed by atoms with Crippen molar-refractivity contribution in [3.63, 3.8) is 0 Å². The maximum Gasteiger partial charge on any atom is 0.0487 e. The Kier molecular flexibility index (Phi) is 4.96. The van der Waals surface area contributed by atoms with Crippen LogP contribution in [0.4, 0.5) is 0 Å². The fraction of sp³-hybridized carbons (Fsp3) is 0.261. The largest absolute Gasteiger partial charge is 0.261 e. The zero-order valence-corrected chi connectivity index (χ0v) is 16.1. The number of pyridine rings is 1. The quantitative estimate of drug-likeness (QED) is 0.499. The summed E-state index contributed by atoms with van der Waals surface area (Å²) in [5.74, 6) is 0. The Bertz CT molecular complexity index is 891. The molecule has 0 atom stereocenters. The second kappa shape index (κ2) is 7.01. The van der Waals surface area contributed by atoms with Gasteiger partial charge in [0, 0.05) is 27.9 Å². The Morgan fingerprint density at radius 1 is 0.880 bits per heavy atom. The minimum absolute atomic E-state index is 0.0346. The van der Waals surface area contributed by atoms with Crippen molar-refractivity contribution in [2.45, 2.75) is 39.5 Å². The van der Waals surface area contributed by atoms with Crippen molar-refractivity contribution in [3.8, 4) is 22.3 Å². The lowest BCUT2D eigenvalue weighted by Crippen LogP contribution is -2.13. The topological polar surface area (TPSA) is 12.9 Å². The molecule has 0 unspecified atom stereocenters. The number of aryl methyl sites for hydroxylation is 1. The third-order valence-corrected chi connectivity index (χ3v) is 4.79. The Morgan fingerprint density at radius 2 is 1.60 bits per heavy atom. The molecule has 3 aromatic rings. The molecular weight excluding hydrogens is 326 g/mol. The van der Waals surface area contributed by atoms with Crippen molar-refractivity contribution in [1.29, 1.82) is 0 Å². The van der Waals surface area contributed by atoms with Gasteiger partial charge in [-0.2, -0.15) is 0 Å². The van der Waals surface area contributed by atoms with E-state index < -0.39 is 0 Å². The molecule has 0 saturated carbocycles. The molecule has 0 aliphatic carbocycles. The van der Waals surface area contributed by atoms with Gasteiger partial charge in [-0.05, 0) is 52.9 Å². The first-order chi connectivity index (χ1) is 11.9. The van der Waals surface area contributed by atoms with Crippen LogP contribution >= 0.6 is 11.6 Å². The highest BCUT2D eigenvalue weighted by Crippen LogP contribution is 2.32. The monoisotopic (exact) mass is 349 g/mol. The van der Waals surface area contributed by atoms with Gasteiger partial charge < -0.3 is 0 Å². The highest BCUT2D eigenvalue weighted by molar-refractivity contribution is 6.33. The zero-order chi connectivity index (χ0) is 18.0. The Balaban J connectivity index is 2.03. The first kappa shape index (κ1) is 17.7. The van der Waals surface area contributed by atoms with E-state index >= 15 is 0 Å². The average Bonchev–Trinajstić information content (AvgIpc) is 2.61. The number of nitrogens with zero attached hydrogens (tertiary/aromatic N) is 1. The summed E-state index contributed by atoms with van der Waals surface area (Å²) in [6.45, 7) is 8.70.